The van der Waals surface area contributed by atoms with E-state index in [9.17, 15) is 4.79 Å². The van der Waals surface area contributed by atoms with Gasteiger partial charge in [-0.05, 0) is 25.5 Å². The molecule has 2 aliphatic rings. The van der Waals surface area contributed by atoms with Crippen LogP contribution in [-0.2, 0) is 4.79 Å². The number of hydrogen-bond acceptors (Lipinski definition) is 4. The van der Waals surface area contributed by atoms with E-state index in [-0.39, 0.29) is 5.91 Å². The molecule has 2 aliphatic heterocycles. The third kappa shape index (κ3) is 2.58. The number of benzene rings is 1. The summed E-state index contributed by atoms with van der Waals surface area (Å²) in [5.74, 6) is 0.918. The molecule has 0 aromatic heterocycles. The molecule has 1 amide bonds. The lowest BCUT2D eigenvalue weighted by molar-refractivity contribution is -0.125. The Labute approximate surface area is 125 Å². The van der Waals surface area contributed by atoms with E-state index in [0.717, 1.165) is 56.3 Å². The lowest BCUT2D eigenvalue weighted by Crippen LogP contribution is -2.47. The van der Waals surface area contributed by atoms with Crippen LogP contribution in [0.15, 0.2) is 18.2 Å². The summed E-state index contributed by atoms with van der Waals surface area (Å²) in [4.78, 5) is 16.5. The molecule has 2 heterocycles. The molecular weight excluding hydrogens is 266 g/mol. The van der Waals surface area contributed by atoms with Crippen molar-refractivity contribution in [3.63, 3.8) is 0 Å². The molecule has 1 aromatic carbocycles. The highest BCUT2D eigenvalue weighted by molar-refractivity contribution is 6.01. The van der Waals surface area contributed by atoms with Gasteiger partial charge in [-0.25, -0.2) is 0 Å². The van der Waals surface area contributed by atoms with Crippen LogP contribution in [0.3, 0.4) is 0 Å². The van der Waals surface area contributed by atoms with E-state index in [2.05, 4.69) is 23.2 Å². The molecule has 1 unspecified atom stereocenters. The SMILES string of the molecule is CCCN1C(=O)C(C)Oc2c(N3CCNCC3)cccc21. The van der Waals surface area contributed by atoms with Gasteiger partial charge in [0.15, 0.2) is 11.9 Å². The highest BCUT2D eigenvalue weighted by Crippen LogP contribution is 2.42. The fourth-order valence-corrected chi connectivity index (χ4v) is 3.02. The Kier molecular flexibility index (Phi) is 4.01. The van der Waals surface area contributed by atoms with Crippen molar-refractivity contribution in [3.8, 4) is 5.75 Å². The minimum atomic E-state index is -0.409. The zero-order chi connectivity index (χ0) is 14.8. The molecule has 3 rings (SSSR count). The molecular formula is C16H23N3O2. The van der Waals surface area contributed by atoms with Gasteiger partial charge in [-0.2, -0.15) is 0 Å². The smallest absolute Gasteiger partial charge is 0.267 e. The second-order valence-corrected chi connectivity index (χ2v) is 5.61. The summed E-state index contributed by atoms with van der Waals surface area (Å²) in [6.45, 7) is 8.57. The van der Waals surface area contributed by atoms with Crippen molar-refractivity contribution >= 4 is 17.3 Å². The molecule has 21 heavy (non-hydrogen) atoms. The van der Waals surface area contributed by atoms with Gasteiger partial charge in [-0.15, -0.1) is 0 Å². The fourth-order valence-electron chi connectivity index (χ4n) is 3.02. The average Bonchev–Trinajstić information content (AvgIpc) is 2.52. The van der Waals surface area contributed by atoms with Crippen LogP contribution < -0.4 is 19.9 Å². The molecule has 1 saturated heterocycles. The van der Waals surface area contributed by atoms with Gasteiger partial charge in [-0.1, -0.05) is 13.0 Å². The summed E-state index contributed by atoms with van der Waals surface area (Å²) in [6, 6.07) is 6.10. The number of ether oxygens (including phenoxy) is 1. The molecule has 1 fully saturated rings. The maximum Gasteiger partial charge on any atom is 0.267 e. The molecule has 0 saturated carbocycles. The Hall–Kier alpha value is -1.75. The summed E-state index contributed by atoms with van der Waals surface area (Å²) in [5, 5.41) is 3.36. The summed E-state index contributed by atoms with van der Waals surface area (Å²) in [7, 11) is 0. The number of hydrogen-bond donors (Lipinski definition) is 1. The number of nitrogens with zero attached hydrogens (tertiary/aromatic N) is 2. The van der Waals surface area contributed by atoms with E-state index >= 15 is 0 Å². The number of nitrogens with one attached hydrogen (secondary N) is 1. The van der Waals surface area contributed by atoms with E-state index in [4.69, 9.17) is 4.74 Å². The number of amides is 1. The minimum absolute atomic E-state index is 0.0572. The van der Waals surface area contributed by atoms with Crippen LogP contribution in [0.1, 0.15) is 20.3 Å². The molecule has 5 heteroatoms. The Bertz CT molecular complexity index is 526. The number of carbonyl (C=O) groups excluding carboxylic acids is 1. The van der Waals surface area contributed by atoms with Crippen molar-refractivity contribution in [2.75, 3.05) is 42.5 Å². The van der Waals surface area contributed by atoms with Crippen molar-refractivity contribution in [1.29, 1.82) is 0 Å². The van der Waals surface area contributed by atoms with Crippen molar-refractivity contribution < 1.29 is 9.53 Å². The monoisotopic (exact) mass is 289 g/mol. The maximum atomic E-state index is 12.3. The van der Waals surface area contributed by atoms with Crippen LogP contribution in [-0.4, -0.2) is 44.7 Å². The quantitative estimate of drug-likeness (QED) is 0.918. The van der Waals surface area contributed by atoms with E-state index in [1.807, 2.05) is 24.0 Å². The summed E-state index contributed by atoms with van der Waals surface area (Å²) >= 11 is 0. The van der Waals surface area contributed by atoms with Crippen LogP contribution in [0.2, 0.25) is 0 Å². The van der Waals surface area contributed by atoms with Crippen LogP contribution in [0.25, 0.3) is 0 Å². The van der Waals surface area contributed by atoms with Crippen LogP contribution in [0, 0.1) is 0 Å². The first kappa shape index (κ1) is 14.2. The topological polar surface area (TPSA) is 44.8 Å². The Morgan fingerprint density at radius 2 is 2.00 bits per heavy atom. The highest BCUT2D eigenvalue weighted by Gasteiger charge is 2.33. The number of rotatable bonds is 3. The van der Waals surface area contributed by atoms with Gasteiger partial charge in [0.2, 0.25) is 0 Å². The molecule has 114 valence electrons. The zero-order valence-corrected chi connectivity index (χ0v) is 12.8. The lowest BCUT2D eigenvalue weighted by atomic mass is 10.1. The van der Waals surface area contributed by atoms with Gasteiger partial charge in [0.05, 0.1) is 11.4 Å². The molecule has 0 radical (unpaired) electrons. The zero-order valence-electron chi connectivity index (χ0n) is 12.8. The molecule has 5 nitrogen and oxygen atoms in total. The predicted octanol–water partition coefficient (Wildman–Crippen LogP) is 1.62. The number of fused-ring (bicyclic) bond motifs is 1. The van der Waals surface area contributed by atoms with Gasteiger partial charge in [0.1, 0.15) is 0 Å². The third-order valence-corrected chi connectivity index (χ3v) is 4.08. The van der Waals surface area contributed by atoms with E-state index < -0.39 is 6.10 Å². The van der Waals surface area contributed by atoms with Crippen LogP contribution >= 0.6 is 0 Å². The van der Waals surface area contributed by atoms with Gasteiger partial charge in [-0.3, -0.25) is 4.79 Å². The van der Waals surface area contributed by atoms with Crippen molar-refractivity contribution in [1.82, 2.24) is 5.32 Å². The number of para-hydroxylation sites is 1. The van der Waals surface area contributed by atoms with Gasteiger partial charge < -0.3 is 19.9 Å². The lowest BCUT2D eigenvalue weighted by Gasteiger charge is -2.37. The first-order valence-corrected chi connectivity index (χ1v) is 7.79. The molecule has 0 spiro atoms. The normalized spacial score (nSPS) is 22.0. The average molecular weight is 289 g/mol. The summed E-state index contributed by atoms with van der Waals surface area (Å²) < 4.78 is 5.95. The van der Waals surface area contributed by atoms with E-state index in [1.165, 1.54) is 0 Å². The largest absolute Gasteiger partial charge is 0.476 e. The van der Waals surface area contributed by atoms with Crippen molar-refractivity contribution in [2.45, 2.75) is 26.4 Å². The number of anilines is 2. The molecule has 1 aromatic rings. The van der Waals surface area contributed by atoms with Crippen molar-refractivity contribution in [3.05, 3.63) is 18.2 Å². The number of piperazine rings is 1. The Morgan fingerprint density at radius 1 is 1.29 bits per heavy atom. The van der Waals surface area contributed by atoms with Crippen LogP contribution in [0.5, 0.6) is 5.75 Å². The molecule has 1 atom stereocenters. The highest BCUT2D eigenvalue weighted by atomic mass is 16.5. The van der Waals surface area contributed by atoms with Gasteiger partial charge in [0.25, 0.3) is 5.91 Å². The van der Waals surface area contributed by atoms with Gasteiger partial charge in [0, 0.05) is 32.7 Å². The molecule has 1 N–H and O–H groups in total. The van der Waals surface area contributed by atoms with Gasteiger partial charge >= 0.3 is 0 Å². The second kappa shape index (κ2) is 5.93. The Morgan fingerprint density at radius 3 is 2.71 bits per heavy atom. The van der Waals surface area contributed by atoms with E-state index in [1.54, 1.807) is 0 Å². The number of carbonyl (C=O) groups is 1. The third-order valence-electron chi connectivity index (χ3n) is 4.08. The summed E-state index contributed by atoms with van der Waals surface area (Å²) in [6.07, 6.45) is 0.531. The second-order valence-electron chi connectivity index (χ2n) is 5.61. The molecule has 0 bridgehead atoms. The van der Waals surface area contributed by atoms with Crippen molar-refractivity contribution in [2.24, 2.45) is 0 Å². The fraction of sp³-hybridized carbons (Fsp3) is 0.562. The first-order chi connectivity index (χ1) is 10.2. The molecule has 0 aliphatic carbocycles. The van der Waals surface area contributed by atoms with E-state index in [0.29, 0.717) is 0 Å². The summed E-state index contributed by atoms with van der Waals surface area (Å²) in [5.41, 5.74) is 2.02. The predicted molar refractivity (Wildman–Crippen MR) is 84.3 cm³/mol. The first-order valence-electron chi connectivity index (χ1n) is 7.79. The standard InChI is InChI=1S/C16H23N3O2/c1-3-9-19-14-6-4-5-13(18-10-7-17-8-11-18)15(14)21-12(2)16(19)20/h4-6,12,17H,3,7-11H2,1-2H3. The van der Waals surface area contributed by atoms with Crippen LogP contribution in [0.4, 0.5) is 11.4 Å². The Balaban J connectivity index is 2.00. The maximum absolute atomic E-state index is 12.3. The minimum Gasteiger partial charge on any atom is -0.476 e.